The summed E-state index contributed by atoms with van der Waals surface area (Å²) < 4.78 is 13.0. The Morgan fingerprint density at radius 3 is 2.48 bits per heavy atom. The van der Waals surface area contributed by atoms with Gasteiger partial charge in [-0.1, -0.05) is 37.3 Å². The molecule has 2 aromatic rings. The van der Waals surface area contributed by atoms with Crippen LogP contribution >= 0.6 is 11.8 Å². The molecule has 3 nitrogen and oxygen atoms in total. The van der Waals surface area contributed by atoms with Crippen molar-refractivity contribution in [2.75, 3.05) is 4.90 Å². The van der Waals surface area contributed by atoms with E-state index in [4.69, 9.17) is 0 Å². The lowest BCUT2D eigenvalue weighted by Gasteiger charge is -2.16. The molecular formula is C18H14FNO2S. The molecule has 0 atom stereocenters. The number of benzene rings is 2. The molecule has 3 rings (SSSR count). The van der Waals surface area contributed by atoms with E-state index in [1.165, 1.54) is 17.0 Å². The van der Waals surface area contributed by atoms with Gasteiger partial charge in [-0.05, 0) is 53.6 Å². The largest absolute Gasteiger partial charge is 0.298 e. The first-order valence-electron chi connectivity index (χ1n) is 7.21. The molecule has 0 unspecified atom stereocenters. The van der Waals surface area contributed by atoms with Gasteiger partial charge in [-0.2, -0.15) is 0 Å². The molecule has 0 spiro atoms. The maximum absolute atomic E-state index is 13.0. The van der Waals surface area contributed by atoms with Crippen LogP contribution in [-0.2, 0) is 11.2 Å². The molecule has 1 heterocycles. The molecular weight excluding hydrogens is 313 g/mol. The summed E-state index contributed by atoms with van der Waals surface area (Å²) in [4.78, 5) is 26.4. The zero-order valence-corrected chi connectivity index (χ0v) is 13.3. The van der Waals surface area contributed by atoms with E-state index in [1.54, 1.807) is 30.3 Å². The third-order valence-corrected chi connectivity index (χ3v) is 4.44. The topological polar surface area (TPSA) is 37.4 Å². The molecule has 1 fully saturated rings. The number of imide groups is 1. The second-order valence-electron chi connectivity index (χ2n) is 5.05. The molecule has 0 radical (unpaired) electrons. The highest BCUT2D eigenvalue weighted by atomic mass is 32.2. The first-order valence-corrected chi connectivity index (χ1v) is 8.03. The van der Waals surface area contributed by atoms with Gasteiger partial charge in [0, 0.05) is 0 Å². The fourth-order valence-corrected chi connectivity index (χ4v) is 3.25. The van der Waals surface area contributed by atoms with Crippen LogP contribution in [0.4, 0.5) is 14.9 Å². The van der Waals surface area contributed by atoms with Crippen molar-refractivity contribution in [1.82, 2.24) is 0 Å². The number of halogens is 1. The standard InChI is InChI=1S/C18H14FNO2S/c1-2-13-5-3-4-6-15(13)20-17(21)16(23-18(20)22)11-12-7-9-14(19)10-8-12/h3-11H,2H2,1H3/b16-11-. The Kier molecular flexibility index (Phi) is 4.30. The summed E-state index contributed by atoms with van der Waals surface area (Å²) in [5.74, 6) is -0.683. The number of amides is 2. The van der Waals surface area contributed by atoms with Gasteiger partial charge in [-0.3, -0.25) is 9.59 Å². The van der Waals surface area contributed by atoms with Crippen molar-refractivity contribution in [3.05, 3.63) is 70.4 Å². The highest BCUT2D eigenvalue weighted by molar-refractivity contribution is 8.19. The summed E-state index contributed by atoms with van der Waals surface area (Å²) in [5, 5.41) is -0.315. The minimum Gasteiger partial charge on any atom is -0.268 e. The monoisotopic (exact) mass is 327 g/mol. The molecule has 1 saturated heterocycles. The second kappa shape index (κ2) is 6.38. The zero-order chi connectivity index (χ0) is 16.4. The van der Waals surface area contributed by atoms with Crippen LogP contribution in [0.25, 0.3) is 6.08 Å². The average Bonchev–Trinajstić information content (AvgIpc) is 2.83. The van der Waals surface area contributed by atoms with Crippen molar-refractivity contribution >= 4 is 34.7 Å². The fourth-order valence-electron chi connectivity index (χ4n) is 2.41. The Balaban J connectivity index is 1.95. The lowest BCUT2D eigenvalue weighted by molar-refractivity contribution is -0.113. The molecule has 0 bridgehead atoms. The van der Waals surface area contributed by atoms with E-state index in [0.717, 1.165) is 23.7 Å². The van der Waals surface area contributed by atoms with E-state index in [-0.39, 0.29) is 17.0 Å². The maximum atomic E-state index is 13.0. The number of aryl methyl sites for hydroxylation is 1. The molecule has 23 heavy (non-hydrogen) atoms. The van der Waals surface area contributed by atoms with E-state index in [0.29, 0.717) is 16.2 Å². The van der Waals surface area contributed by atoms with Crippen LogP contribution in [0.15, 0.2) is 53.4 Å². The minimum atomic E-state index is -0.342. The van der Waals surface area contributed by atoms with Crippen molar-refractivity contribution in [2.45, 2.75) is 13.3 Å². The SMILES string of the molecule is CCc1ccccc1N1C(=O)S/C(=C\c2ccc(F)cc2)C1=O. The molecule has 2 amide bonds. The number of carbonyl (C=O) groups is 2. The number of rotatable bonds is 3. The van der Waals surface area contributed by atoms with E-state index < -0.39 is 0 Å². The minimum absolute atomic E-state index is 0.315. The number of hydrogen-bond donors (Lipinski definition) is 0. The fraction of sp³-hybridized carbons (Fsp3) is 0.111. The van der Waals surface area contributed by atoms with Crippen LogP contribution in [0, 0.1) is 5.82 Å². The quantitative estimate of drug-likeness (QED) is 0.771. The second-order valence-corrected chi connectivity index (χ2v) is 6.04. The number of anilines is 1. The van der Waals surface area contributed by atoms with Gasteiger partial charge in [0.1, 0.15) is 5.82 Å². The molecule has 1 aliphatic heterocycles. The van der Waals surface area contributed by atoms with Crippen molar-refractivity contribution in [1.29, 1.82) is 0 Å². The van der Waals surface area contributed by atoms with Crippen molar-refractivity contribution in [3.63, 3.8) is 0 Å². The molecule has 116 valence electrons. The number of para-hydroxylation sites is 1. The van der Waals surface area contributed by atoms with Crippen molar-refractivity contribution in [3.8, 4) is 0 Å². The smallest absolute Gasteiger partial charge is 0.268 e. The molecule has 0 saturated carbocycles. The van der Waals surface area contributed by atoms with Crippen LogP contribution in [0.1, 0.15) is 18.1 Å². The van der Waals surface area contributed by atoms with Crippen LogP contribution in [0.2, 0.25) is 0 Å². The normalized spacial score (nSPS) is 16.4. The summed E-state index contributed by atoms with van der Waals surface area (Å²) in [6.07, 6.45) is 2.34. The molecule has 2 aromatic carbocycles. The first-order chi connectivity index (χ1) is 11.1. The highest BCUT2D eigenvalue weighted by Crippen LogP contribution is 2.37. The van der Waals surface area contributed by atoms with Gasteiger partial charge in [0.25, 0.3) is 11.1 Å². The van der Waals surface area contributed by atoms with E-state index in [9.17, 15) is 14.0 Å². The summed E-state index contributed by atoms with van der Waals surface area (Å²) >= 11 is 0.900. The lowest BCUT2D eigenvalue weighted by Crippen LogP contribution is -2.28. The molecule has 1 aliphatic rings. The Hall–Kier alpha value is -2.40. The van der Waals surface area contributed by atoms with Gasteiger partial charge < -0.3 is 0 Å². The third-order valence-electron chi connectivity index (χ3n) is 3.57. The predicted octanol–water partition coefficient (Wildman–Crippen LogP) is 4.63. The number of nitrogens with zero attached hydrogens (tertiary/aromatic N) is 1. The molecule has 5 heteroatoms. The third kappa shape index (κ3) is 3.05. The number of hydrogen-bond acceptors (Lipinski definition) is 3. The van der Waals surface area contributed by atoms with Crippen LogP contribution in [0.5, 0.6) is 0 Å². The maximum Gasteiger partial charge on any atom is 0.298 e. The Bertz CT molecular complexity index is 799. The summed E-state index contributed by atoms with van der Waals surface area (Å²) in [5.41, 5.74) is 2.25. The lowest BCUT2D eigenvalue weighted by atomic mass is 10.1. The van der Waals surface area contributed by atoms with E-state index >= 15 is 0 Å². The predicted molar refractivity (Wildman–Crippen MR) is 90.7 cm³/mol. The van der Waals surface area contributed by atoms with Crippen molar-refractivity contribution in [2.24, 2.45) is 0 Å². The van der Waals surface area contributed by atoms with Gasteiger partial charge in [0.05, 0.1) is 10.6 Å². The first kappa shape index (κ1) is 15.5. The van der Waals surface area contributed by atoms with Gasteiger partial charge >= 0.3 is 0 Å². The van der Waals surface area contributed by atoms with Gasteiger partial charge in [0.2, 0.25) is 0 Å². The zero-order valence-electron chi connectivity index (χ0n) is 12.5. The van der Waals surface area contributed by atoms with Gasteiger partial charge in [-0.25, -0.2) is 9.29 Å². The number of carbonyl (C=O) groups excluding carboxylic acids is 2. The summed E-state index contributed by atoms with van der Waals surface area (Å²) in [7, 11) is 0. The Labute approximate surface area is 137 Å². The Morgan fingerprint density at radius 1 is 1.09 bits per heavy atom. The molecule has 0 aliphatic carbocycles. The number of thioether (sulfide) groups is 1. The van der Waals surface area contributed by atoms with Crippen LogP contribution < -0.4 is 4.90 Å². The molecule has 0 aromatic heterocycles. The molecule has 0 N–H and O–H groups in total. The summed E-state index contributed by atoms with van der Waals surface area (Å²) in [6.45, 7) is 1.98. The van der Waals surface area contributed by atoms with E-state index in [1.807, 2.05) is 19.1 Å². The van der Waals surface area contributed by atoms with Gasteiger partial charge in [0.15, 0.2) is 0 Å². The Morgan fingerprint density at radius 2 is 1.78 bits per heavy atom. The van der Waals surface area contributed by atoms with Crippen LogP contribution in [0.3, 0.4) is 0 Å². The van der Waals surface area contributed by atoms with Crippen molar-refractivity contribution < 1.29 is 14.0 Å². The van der Waals surface area contributed by atoms with Crippen LogP contribution in [-0.4, -0.2) is 11.1 Å². The average molecular weight is 327 g/mol. The summed E-state index contributed by atoms with van der Waals surface area (Å²) in [6, 6.07) is 13.2. The van der Waals surface area contributed by atoms with Gasteiger partial charge in [-0.15, -0.1) is 0 Å². The van der Waals surface area contributed by atoms with E-state index in [2.05, 4.69) is 0 Å². The highest BCUT2D eigenvalue weighted by Gasteiger charge is 2.37.